The Kier molecular flexibility index (Phi) is 6.09. The van der Waals surface area contributed by atoms with E-state index in [1.165, 1.54) is 11.3 Å². The first-order chi connectivity index (χ1) is 11.2. The first-order valence-corrected chi connectivity index (χ1v) is 9.77. The maximum Gasteiger partial charge on any atom is 0.288 e. The summed E-state index contributed by atoms with van der Waals surface area (Å²) in [6.45, 7) is 0.855. The van der Waals surface area contributed by atoms with Crippen LogP contribution in [0.4, 0.5) is 19.6 Å². The molecule has 3 rings (SSSR count). The second kappa shape index (κ2) is 8.27. The van der Waals surface area contributed by atoms with E-state index in [1.807, 2.05) is 0 Å². The quantitative estimate of drug-likeness (QED) is 0.697. The lowest BCUT2D eigenvalue weighted by Crippen LogP contribution is -2.07. The van der Waals surface area contributed by atoms with Gasteiger partial charge in [-0.25, -0.2) is 0 Å². The molecule has 1 N–H and O–H groups in total. The SMILES string of the molecule is FC(F)Sc1ccc(Nc2nnc(SCC3CCCO3)s2)cc1. The normalized spacial score (nSPS) is 17.8. The first-order valence-electron chi connectivity index (χ1n) is 7.09. The number of thioether (sulfide) groups is 2. The number of nitrogens with zero attached hydrogens (tertiary/aromatic N) is 2. The van der Waals surface area contributed by atoms with Gasteiger partial charge in [-0.05, 0) is 37.1 Å². The lowest BCUT2D eigenvalue weighted by molar-refractivity contribution is 0.129. The van der Waals surface area contributed by atoms with Crippen molar-refractivity contribution in [3.05, 3.63) is 24.3 Å². The summed E-state index contributed by atoms with van der Waals surface area (Å²) in [6, 6.07) is 6.83. The van der Waals surface area contributed by atoms with Crippen LogP contribution in [-0.2, 0) is 4.74 Å². The van der Waals surface area contributed by atoms with E-state index >= 15 is 0 Å². The van der Waals surface area contributed by atoms with E-state index in [0.717, 1.165) is 35.2 Å². The number of benzene rings is 1. The van der Waals surface area contributed by atoms with Crippen LogP contribution in [0, 0.1) is 0 Å². The van der Waals surface area contributed by atoms with Crippen LogP contribution in [0.15, 0.2) is 33.5 Å². The van der Waals surface area contributed by atoms with Crippen LogP contribution < -0.4 is 5.32 Å². The van der Waals surface area contributed by atoms with Crippen LogP contribution in [-0.4, -0.2) is 34.4 Å². The molecule has 1 aromatic carbocycles. The molecule has 0 saturated carbocycles. The Bertz CT molecular complexity index is 618. The molecule has 0 bridgehead atoms. The van der Waals surface area contributed by atoms with E-state index in [-0.39, 0.29) is 0 Å². The summed E-state index contributed by atoms with van der Waals surface area (Å²) in [6.07, 6.45) is 2.56. The molecule has 23 heavy (non-hydrogen) atoms. The Morgan fingerprint density at radius 1 is 1.30 bits per heavy atom. The molecule has 1 unspecified atom stereocenters. The van der Waals surface area contributed by atoms with Gasteiger partial charge in [-0.2, -0.15) is 8.78 Å². The Labute approximate surface area is 145 Å². The third kappa shape index (κ3) is 5.30. The van der Waals surface area contributed by atoms with Crippen molar-refractivity contribution in [2.45, 2.75) is 33.9 Å². The van der Waals surface area contributed by atoms with Crippen molar-refractivity contribution in [1.29, 1.82) is 0 Å². The fraction of sp³-hybridized carbons (Fsp3) is 0.429. The van der Waals surface area contributed by atoms with E-state index in [1.54, 1.807) is 36.0 Å². The number of nitrogens with one attached hydrogen (secondary N) is 1. The molecule has 1 saturated heterocycles. The molecule has 1 aliphatic heterocycles. The molecule has 0 aliphatic carbocycles. The van der Waals surface area contributed by atoms with Gasteiger partial charge < -0.3 is 10.1 Å². The van der Waals surface area contributed by atoms with Crippen LogP contribution >= 0.6 is 34.9 Å². The van der Waals surface area contributed by atoms with Gasteiger partial charge in [-0.3, -0.25) is 0 Å². The maximum absolute atomic E-state index is 12.3. The van der Waals surface area contributed by atoms with Crippen molar-refractivity contribution in [2.24, 2.45) is 0 Å². The molecule has 1 aliphatic rings. The Morgan fingerprint density at radius 2 is 2.13 bits per heavy atom. The van der Waals surface area contributed by atoms with Gasteiger partial charge in [0.05, 0.1) is 6.10 Å². The van der Waals surface area contributed by atoms with Crippen LogP contribution in [0.5, 0.6) is 0 Å². The molecule has 0 radical (unpaired) electrons. The number of aromatic nitrogens is 2. The number of anilines is 2. The van der Waals surface area contributed by atoms with Gasteiger partial charge >= 0.3 is 0 Å². The predicted molar refractivity (Wildman–Crippen MR) is 91.2 cm³/mol. The molecule has 2 aromatic rings. The topological polar surface area (TPSA) is 47.0 Å². The first kappa shape index (κ1) is 16.9. The van der Waals surface area contributed by atoms with E-state index in [2.05, 4.69) is 15.5 Å². The molecule has 9 heteroatoms. The zero-order valence-electron chi connectivity index (χ0n) is 12.1. The molecular formula is C14H15F2N3OS3. The fourth-order valence-corrected chi connectivity index (χ4v) is 4.46. The maximum atomic E-state index is 12.3. The van der Waals surface area contributed by atoms with Crippen LogP contribution in [0.3, 0.4) is 0 Å². The third-order valence-electron chi connectivity index (χ3n) is 3.15. The second-order valence-electron chi connectivity index (χ2n) is 4.85. The summed E-state index contributed by atoms with van der Waals surface area (Å²) in [5.41, 5.74) is 0.801. The zero-order chi connectivity index (χ0) is 16.1. The minimum absolute atomic E-state index is 0.320. The standard InChI is InChI=1S/C14H15F2N3OS3/c15-12(16)22-11-5-3-9(4-6-11)17-13-18-19-14(23-13)21-8-10-2-1-7-20-10/h3-6,10,12H,1-2,7-8H2,(H,17,18). The highest BCUT2D eigenvalue weighted by atomic mass is 32.2. The van der Waals surface area contributed by atoms with Gasteiger partial charge in [0.2, 0.25) is 5.13 Å². The van der Waals surface area contributed by atoms with Crippen molar-refractivity contribution in [3.8, 4) is 0 Å². The molecule has 0 spiro atoms. The van der Waals surface area contributed by atoms with Gasteiger partial charge in [-0.15, -0.1) is 10.2 Å². The molecular weight excluding hydrogens is 360 g/mol. The molecule has 124 valence electrons. The van der Waals surface area contributed by atoms with E-state index in [9.17, 15) is 8.78 Å². The molecule has 0 amide bonds. The number of alkyl halides is 2. The van der Waals surface area contributed by atoms with Crippen molar-refractivity contribution < 1.29 is 13.5 Å². The Hall–Kier alpha value is -0.900. The smallest absolute Gasteiger partial charge is 0.288 e. The van der Waals surface area contributed by atoms with E-state index < -0.39 is 5.76 Å². The Balaban J connectivity index is 1.51. The largest absolute Gasteiger partial charge is 0.377 e. The number of hydrogen-bond acceptors (Lipinski definition) is 7. The minimum Gasteiger partial charge on any atom is -0.377 e. The van der Waals surface area contributed by atoms with Crippen LogP contribution in [0.1, 0.15) is 12.8 Å². The average Bonchev–Trinajstić information content (AvgIpc) is 3.18. The highest BCUT2D eigenvalue weighted by molar-refractivity contribution is 8.01. The number of ether oxygens (including phenoxy) is 1. The highest BCUT2D eigenvalue weighted by Crippen LogP contribution is 2.31. The van der Waals surface area contributed by atoms with Gasteiger partial charge in [0.1, 0.15) is 0 Å². The van der Waals surface area contributed by atoms with Gasteiger partial charge in [0.25, 0.3) is 5.76 Å². The van der Waals surface area contributed by atoms with Gasteiger partial charge in [0.15, 0.2) is 4.34 Å². The minimum atomic E-state index is -2.40. The third-order valence-corrected chi connectivity index (χ3v) is 5.98. The fourth-order valence-electron chi connectivity index (χ4n) is 2.10. The predicted octanol–water partition coefficient (Wildman–Crippen LogP) is 4.87. The summed E-state index contributed by atoms with van der Waals surface area (Å²) in [5.74, 6) is -1.51. The summed E-state index contributed by atoms with van der Waals surface area (Å²) in [4.78, 5) is 0.538. The molecule has 2 heterocycles. The van der Waals surface area contributed by atoms with Crippen molar-refractivity contribution in [2.75, 3.05) is 17.7 Å². The van der Waals surface area contributed by atoms with E-state index in [0.29, 0.717) is 27.9 Å². The molecule has 4 nitrogen and oxygen atoms in total. The molecule has 1 fully saturated rings. The van der Waals surface area contributed by atoms with Crippen LogP contribution in [0.25, 0.3) is 0 Å². The lowest BCUT2D eigenvalue weighted by Gasteiger charge is -2.05. The highest BCUT2D eigenvalue weighted by Gasteiger charge is 2.16. The zero-order valence-corrected chi connectivity index (χ0v) is 14.5. The van der Waals surface area contributed by atoms with E-state index in [4.69, 9.17) is 4.74 Å². The summed E-state index contributed by atoms with van der Waals surface area (Å²) in [5, 5.41) is 12.1. The Morgan fingerprint density at radius 3 is 2.83 bits per heavy atom. The number of rotatable bonds is 7. The van der Waals surface area contributed by atoms with Gasteiger partial charge in [-0.1, -0.05) is 34.9 Å². The van der Waals surface area contributed by atoms with Gasteiger partial charge in [0, 0.05) is 22.9 Å². The number of hydrogen-bond donors (Lipinski definition) is 1. The van der Waals surface area contributed by atoms with Crippen molar-refractivity contribution in [1.82, 2.24) is 10.2 Å². The van der Waals surface area contributed by atoms with Crippen molar-refractivity contribution >= 4 is 45.7 Å². The molecule has 1 atom stereocenters. The van der Waals surface area contributed by atoms with Crippen molar-refractivity contribution in [3.63, 3.8) is 0 Å². The number of halogens is 2. The monoisotopic (exact) mass is 375 g/mol. The summed E-state index contributed by atoms with van der Waals surface area (Å²) < 4.78 is 31.0. The lowest BCUT2D eigenvalue weighted by atomic mass is 10.3. The average molecular weight is 375 g/mol. The summed E-state index contributed by atoms with van der Waals surface area (Å²) in [7, 11) is 0. The van der Waals surface area contributed by atoms with Crippen LogP contribution in [0.2, 0.25) is 0 Å². The second-order valence-corrected chi connectivity index (χ2v) is 8.16. The summed E-state index contributed by atoms with van der Waals surface area (Å²) >= 11 is 3.66. The molecule has 1 aromatic heterocycles.